The number of hydrogen-bond acceptors (Lipinski definition) is 3. The highest BCUT2D eigenvalue weighted by atomic mass is 16.2. The third kappa shape index (κ3) is 3.81. The van der Waals surface area contributed by atoms with E-state index in [0.717, 1.165) is 31.5 Å². The number of nitrogens with one attached hydrogen (secondary N) is 1. The van der Waals surface area contributed by atoms with Crippen molar-refractivity contribution in [2.24, 2.45) is 5.73 Å². The van der Waals surface area contributed by atoms with E-state index in [-0.39, 0.29) is 11.8 Å². The number of benzene rings is 1. The van der Waals surface area contributed by atoms with E-state index in [2.05, 4.69) is 5.32 Å². The quantitative estimate of drug-likeness (QED) is 0.835. The van der Waals surface area contributed by atoms with Crippen LogP contribution in [-0.4, -0.2) is 36.3 Å². The van der Waals surface area contributed by atoms with E-state index in [9.17, 15) is 9.59 Å². The molecule has 0 aliphatic carbocycles. The molecule has 5 heteroatoms. The highest BCUT2D eigenvalue weighted by molar-refractivity contribution is 5.83. The summed E-state index contributed by atoms with van der Waals surface area (Å²) >= 11 is 0. The summed E-state index contributed by atoms with van der Waals surface area (Å²) in [4.78, 5) is 25.5. The molecule has 108 valence electrons. The average molecular weight is 275 g/mol. The topological polar surface area (TPSA) is 75.4 Å². The second-order valence-corrected chi connectivity index (χ2v) is 5.02. The van der Waals surface area contributed by atoms with Crippen molar-refractivity contribution in [3.05, 3.63) is 35.9 Å². The third-order valence-electron chi connectivity index (χ3n) is 3.54. The molecule has 1 heterocycles. The maximum absolute atomic E-state index is 11.9. The Morgan fingerprint density at radius 3 is 2.50 bits per heavy atom. The van der Waals surface area contributed by atoms with Gasteiger partial charge in [-0.05, 0) is 18.4 Å². The van der Waals surface area contributed by atoms with Gasteiger partial charge in [0.15, 0.2) is 0 Å². The predicted octanol–water partition coefficient (Wildman–Crippen LogP) is 0.815. The summed E-state index contributed by atoms with van der Waals surface area (Å²) in [6.07, 6.45) is 2.50. The summed E-state index contributed by atoms with van der Waals surface area (Å²) in [7, 11) is 0. The fourth-order valence-corrected chi connectivity index (χ4v) is 2.34. The molecule has 1 aromatic carbocycles. The number of nitrogens with zero attached hydrogens (tertiary/aromatic N) is 1. The zero-order valence-corrected chi connectivity index (χ0v) is 11.5. The molecular formula is C15H21N3O2. The predicted molar refractivity (Wildman–Crippen MR) is 76.8 cm³/mol. The van der Waals surface area contributed by atoms with Crippen molar-refractivity contribution in [1.29, 1.82) is 0 Å². The lowest BCUT2D eigenvalue weighted by molar-refractivity contribution is -0.130. The molecule has 5 nitrogen and oxygen atoms in total. The molecule has 1 fully saturated rings. The van der Waals surface area contributed by atoms with E-state index in [1.54, 1.807) is 0 Å². The molecular weight excluding hydrogens is 254 g/mol. The highest BCUT2D eigenvalue weighted by Crippen LogP contribution is 2.10. The van der Waals surface area contributed by atoms with Gasteiger partial charge in [-0.1, -0.05) is 30.3 Å². The first kappa shape index (κ1) is 14.5. The molecule has 0 radical (unpaired) electrons. The number of carbonyl (C=O) groups is 2. The van der Waals surface area contributed by atoms with Crippen LogP contribution < -0.4 is 11.1 Å². The lowest BCUT2D eigenvalue weighted by Gasteiger charge is -2.16. The van der Waals surface area contributed by atoms with Gasteiger partial charge in [0.25, 0.3) is 0 Å². The van der Waals surface area contributed by atoms with Gasteiger partial charge in [-0.3, -0.25) is 9.59 Å². The van der Waals surface area contributed by atoms with Gasteiger partial charge in [-0.25, -0.2) is 0 Å². The lowest BCUT2D eigenvalue weighted by Crippen LogP contribution is -2.37. The van der Waals surface area contributed by atoms with Crippen LogP contribution in [0.3, 0.4) is 0 Å². The van der Waals surface area contributed by atoms with Crippen LogP contribution in [0.5, 0.6) is 0 Å². The molecule has 1 saturated heterocycles. The minimum atomic E-state index is -0.682. The van der Waals surface area contributed by atoms with E-state index in [4.69, 9.17) is 5.73 Å². The van der Waals surface area contributed by atoms with Gasteiger partial charge in [-0.15, -0.1) is 0 Å². The van der Waals surface area contributed by atoms with Crippen LogP contribution in [0.4, 0.5) is 0 Å². The van der Waals surface area contributed by atoms with Crippen molar-refractivity contribution in [1.82, 2.24) is 10.2 Å². The Bertz CT molecular complexity index is 455. The Balaban J connectivity index is 1.73. The smallest absolute Gasteiger partial charge is 0.241 e. The molecule has 2 amide bonds. The van der Waals surface area contributed by atoms with Crippen LogP contribution in [0, 0.1) is 0 Å². The summed E-state index contributed by atoms with van der Waals surface area (Å²) in [5.41, 5.74) is 6.64. The maximum Gasteiger partial charge on any atom is 0.241 e. The molecule has 20 heavy (non-hydrogen) atoms. The molecule has 1 aliphatic rings. The van der Waals surface area contributed by atoms with Crippen molar-refractivity contribution in [3.63, 3.8) is 0 Å². The zero-order valence-electron chi connectivity index (χ0n) is 11.5. The standard InChI is InChI=1S/C15H21N3O2/c16-14(12-6-2-1-3-7-12)15(20)17-9-8-13(19)18-10-4-5-11-18/h1-3,6-7,14H,4-5,8-11,16H2,(H,17,20)/t14-/m1/s1. The van der Waals surface area contributed by atoms with Crippen molar-refractivity contribution in [3.8, 4) is 0 Å². The van der Waals surface area contributed by atoms with Crippen LogP contribution in [0.2, 0.25) is 0 Å². The monoisotopic (exact) mass is 275 g/mol. The molecule has 1 atom stereocenters. The SMILES string of the molecule is N[C@@H](C(=O)NCCC(=O)N1CCCC1)c1ccccc1. The first-order chi connectivity index (χ1) is 9.68. The van der Waals surface area contributed by atoms with Crippen molar-refractivity contribution in [2.45, 2.75) is 25.3 Å². The molecule has 0 unspecified atom stereocenters. The number of nitrogens with two attached hydrogens (primary N) is 1. The molecule has 1 aromatic rings. The van der Waals surface area contributed by atoms with Crippen molar-refractivity contribution in [2.75, 3.05) is 19.6 Å². The molecule has 1 aliphatic heterocycles. The molecule has 2 rings (SSSR count). The Morgan fingerprint density at radius 2 is 1.85 bits per heavy atom. The number of carbonyl (C=O) groups excluding carboxylic acids is 2. The van der Waals surface area contributed by atoms with Gasteiger partial charge in [0, 0.05) is 26.1 Å². The minimum Gasteiger partial charge on any atom is -0.354 e. The van der Waals surface area contributed by atoms with Crippen molar-refractivity contribution >= 4 is 11.8 Å². The molecule has 0 saturated carbocycles. The summed E-state index contributed by atoms with van der Waals surface area (Å²) in [5, 5.41) is 2.72. The van der Waals surface area contributed by atoms with Crippen LogP contribution in [0.1, 0.15) is 30.9 Å². The van der Waals surface area contributed by atoms with E-state index >= 15 is 0 Å². The second kappa shape index (κ2) is 7.05. The second-order valence-electron chi connectivity index (χ2n) is 5.02. The third-order valence-corrected chi connectivity index (χ3v) is 3.54. The van der Waals surface area contributed by atoms with E-state index in [0.29, 0.717) is 13.0 Å². The zero-order chi connectivity index (χ0) is 14.4. The fourth-order valence-electron chi connectivity index (χ4n) is 2.34. The number of likely N-dealkylation sites (tertiary alicyclic amines) is 1. The van der Waals surface area contributed by atoms with Gasteiger partial charge < -0.3 is 16.0 Å². The fraction of sp³-hybridized carbons (Fsp3) is 0.467. The van der Waals surface area contributed by atoms with E-state index < -0.39 is 6.04 Å². The maximum atomic E-state index is 11.9. The summed E-state index contributed by atoms with van der Waals surface area (Å²) in [6.45, 7) is 2.03. The Hall–Kier alpha value is -1.88. The van der Waals surface area contributed by atoms with Crippen LogP contribution in [0.15, 0.2) is 30.3 Å². The Morgan fingerprint density at radius 1 is 1.20 bits per heavy atom. The summed E-state index contributed by atoms with van der Waals surface area (Å²) in [6, 6.07) is 8.53. The Labute approximate surface area is 119 Å². The summed E-state index contributed by atoms with van der Waals surface area (Å²) in [5.74, 6) is -0.137. The Kier molecular flexibility index (Phi) is 5.12. The first-order valence-corrected chi connectivity index (χ1v) is 7.04. The molecule has 0 spiro atoms. The number of rotatable bonds is 5. The molecule has 0 bridgehead atoms. The van der Waals surface area contributed by atoms with Gasteiger partial charge in [0.05, 0.1) is 0 Å². The van der Waals surface area contributed by atoms with Crippen molar-refractivity contribution < 1.29 is 9.59 Å². The van der Waals surface area contributed by atoms with Gasteiger partial charge >= 0.3 is 0 Å². The summed E-state index contributed by atoms with van der Waals surface area (Å²) < 4.78 is 0. The minimum absolute atomic E-state index is 0.107. The van der Waals surface area contributed by atoms with Gasteiger partial charge in [-0.2, -0.15) is 0 Å². The number of amides is 2. The van der Waals surface area contributed by atoms with E-state index in [1.807, 2.05) is 35.2 Å². The lowest BCUT2D eigenvalue weighted by atomic mass is 10.1. The van der Waals surface area contributed by atoms with E-state index in [1.165, 1.54) is 0 Å². The molecule has 0 aromatic heterocycles. The average Bonchev–Trinajstić information content (AvgIpc) is 3.01. The normalized spacial score (nSPS) is 15.9. The van der Waals surface area contributed by atoms with Crippen LogP contribution >= 0.6 is 0 Å². The first-order valence-electron chi connectivity index (χ1n) is 7.04. The largest absolute Gasteiger partial charge is 0.354 e. The van der Waals surface area contributed by atoms with Gasteiger partial charge in [0.1, 0.15) is 6.04 Å². The van der Waals surface area contributed by atoms with Crippen LogP contribution in [-0.2, 0) is 9.59 Å². The number of hydrogen-bond donors (Lipinski definition) is 2. The molecule has 3 N–H and O–H groups in total. The van der Waals surface area contributed by atoms with Crippen LogP contribution in [0.25, 0.3) is 0 Å². The van der Waals surface area contributed by atoms with Gasteiger partial charge in [0.2, 0.25) is 11.8 Å². The highest BCUT2D eigenvalue weighted by Gasteiger charge is 2.19.